The van der Waals surface area contributed by atoms with Gasteiger partial charge in [0.15, 0.2) is 5.69 Å². The van der Waals surface area contributed by atoms with Gasteiger partial charge in [0, 0.05) is 11.6 Å². The molecule has 0 fully saturated rings. The predicted molar refractivity (Wildman–Crippen MR) is 83.4 cm³/mol. The van der Waals surface area contributed by atoms with Gasteiger partial charge < -0.3 is 11.1 Å². The smallest absolute Gasteiger partial charge is 0.165 e. The van der Waals surface area contributed by atoms with Crippen molar-refractivity contribution in [2.24, 2.45) is 0 Å². The van der Waals surface area contributed by atoms with Crippen LogP contribution in [-0.4, -0.2) is 9.97 Å². The number of fused-ring (bicyclic) bond motifs is 1. The van der Waals surface area contributed by atoms with E-state index in [4.69, 9.17) is 22.6 Å². The quantitative estimate of drug-likeness (QED) is 0.755. The molecule has 0 saturated carbocycles. The molecule has 5 nitrogen and oxygen atoms in total. The molecule has 0 amide bonds. The van der Waals surface area contributed by atoms with Crippen molar-refractivity contribution in [3.8, 4) is 6.07 Å². The lowest BCUT2D eigenvalue weighted by molar-refractivity contribution is 1.26. The molecule has 3 aromatic rings. The molecule has 0 bridgehead atoms. The zero-order chi connectivity index (χ0) is 14.8. The lowest BCUT2D eigenvalue weighted by atomic mass is 10.2. The Labute approximate surface area is 126 Å². The summed E-state index contributed by atoms with van der Waals surface area (Å²) in [4.78, 5) is 8.49. The SMILES string of the molecule is N#Cc1nc(Nc2ccc(Cl)c3cccnc23)ccc1N. The molecule has 0 unspecified atom stereocenters. The number of nitrogens with two attached hydrogens (primary N) is 1. The van der Waals surface area contributed by atoms with Crippen molar-refractivity contribution in [2.45, 2.75) is 0 Å². The van der Waals surface area contributed by atoms with Crippen LogP contribution in [-0.2, 0) is 0 Å². The molecule has 0 aliphatic carbocycles. The first kappa shape index (κ1) is 13.2. The predicted octanol–water partition coefficient (Wildman–Crippen LogP) is 3.48. The maximum Gasteiger partial charge on any atom is 0.165 e. The summed E-state index contributed by atoms with van der Waals surface area (Å²) in [5, 5.41) is 13.6. The summed E-state index contributed by atoms with van der Waals surface area (Å²) in [5.41, 5.74) is 7.70. The Morgan fingerprint density at radius 2 is 2.05 bits per heavy atom. The molecular formula is C15H10ClN5. The highest BCUT2D eigenvalue weighted by Crippen LogP contribution is 2.29. The van der Waals surface area contributed by atoms with Gasteiger partial charge in [-0.3, -0.25) is 4.98 Å². The van der Waals surface area contributed by atoms with Gasteiger partial charge in [-0.1, -0.05) is 11.6 Å². The van der Waals surface area contributed by atoms with Gasteiger partial charge in [-0.15, -0.1) is 0 Å². The Bertz CT molecular complexity index is 870. The minimum absolute atomic E-state index is 0.186. The van der Waals surface area contributed by atoms with Crippen LogP contribution in [0.25, 0.3) is 10.9 Å². The van der Waals surface area contributed by atoms with E-state index in [0.717, 1.165) is 16.6 Å². The number of benzene rings is 1. The molecule has 6 heteroatoms. The third-order valence-corrected chi connectivity index (χ3v) is 3.34. The van der Waals surface area contributed by atoms with Crippen LogP contribution >= 0.6 is 11.6 Å². The first-order chi connectivity index (χ1) is 10.2. The molecule has 0 saturated heterocycles. The fourth-order valence-electron chi connectivity index (χ4n) is 2.01. The summed E-state index contributed by atoms with van der Waals surface area (Å²) in [6.07, 6.45) is 1.70. The number of nitriles is 1. The van der Waals surface area contributed by atoms with Gasteiger partial charge in [0.05, 0.1) is 21.9 Å². The largest absolute Gasteiger partial charge is 0.396 e. The number of aromatic nitrogens is 2. The average molecular weight is 296 g/mol. The molecule has 0 aliphatic rings. The van der Waals surface area contributed by atoms with E-state index < -0.39 is 0 Å². The fraction of sp³-hybridized carbons (Fsp3) is 0. The summed E-state index contributed by atoms with van der Waals surface area (Å²) in [6, 6.07) is 12.6. The minimum atomic E-state index is 0.186. The van der Waals surface area contributed by atoms with E-state index in [2.05, 4.69) is 15.3 Å². The highest BCUT2D eigenvalue weighted by molar-refractivity contribution is 6.35. The Morgan fingerprint density at radius 1 is 1.19 bits per heavy atom. The Kier molecular flexibility index (Phi) is 3.30. The van der Waals surface area contributed by atoms with Crippen molar-refractivity contribution in [1.29, 1.82) is 5.26 Å². The van der Waals surface area contributed by atoms with Crippen molar-refractivity contribution in [1.82, 2.24) is 9.97 Å². The number of hydrogen-bond acceptors (Lipinski definition) is 5. The second-order valence-corrected chi connectivity index (χ2v) is 4.77. The van der Waals surface area contributed by atoms with Crippen molar-refractivity contribution < 1.29 is 0 Å². The standard InChI is InChI=1S/C15H10ClN5/c16-10-3-5-12(15-9(10)2-1-7-19-15)20-14-6-4-11(18)13(8-17)21-14/h1-7H,18H2,(H,20,21). The number of hydrogen-bond donors (Lipinski definition) is 2. The molecule has 3 rings (SSSR count). The topological polar surface area (TPSA) is 87.6 Å². The monoisotopic (exact) mass is 295 g/mol. The average Bonchev–Trinajstić information content (AvgIpc) is 2.52. The molecule has 0 radical (unpaired) electrons. The minimum Gasteiger partial charge on any atom is -0.396 e. The van der Waals surface area contributed by atoms with E-state index in [1.54, 1.807) is 24.4 Å². The van der Waals surface area contributed by atoms with Gasteiger partial charge in [0.1, 0.15) is 11.9 Å². The zero-order valence-electron chi connectivity index (χ0n) is 10.8. The van der Waals surface area contributed by atoms with Crippen LogP contribution < -0.4 is 11.1 Å². The maximum atomic E-state index is 8.97. The molecule has 21 heavy (non-hydrogen) atoms. The van der Waals surface area contributed by atoms with Crippen LogP contribution in [0.15, 0.2) is 42.6 Å². The number of nitrogens with zero attached hydrogens (tertiary/aromatic N) is 3. The highest BCUT2D eigenvalue weighted by Gasteiger charge is 2.08. The Morgan fingerprint density at radius 3 is 2.86 bits per heavy atom. The number of anilines is 3. The van der Waals surface area contributed by atoms with Crippen LogP contribution in [0.1, 0.15) is 5.69 Å². The molecule has 2 heterocycles. The van der Waals surface area contributed by atoms with E-state index in [0.29, 0.717) is 16.5 Å². The third-order valence-electron chi connectivity index (χ3n) is 3.01. The molecule has 3 N–H and O–H groups in total. The first-order valence-corrected chi connectivity index (χ1v) is 6.53. The van der Waals surface area contributed by atoms with E-state index >= 15 is 0 Å². The summed E-state index contributed by atoms with van der Waals surface area (Å²) in [6.45, 7) is 0. The second kappa shape index (κ2) is 5.27. The lowest BCUT2D eigenvalue weighted by Crippen LogP contribution is -2.00. The Balaban J connectivity index is 2.07. The maximum absolute atomic E-state index is 8.97. The van der Waals surface area contributed by atoms with Crippen molar-refractivity contribution in [2.75, 3.05) is 11.1 Å². The second-order valence-electron chi connectivity index (χ2n) is 4.37. The van der Waals surface area contributed by atoms with E-state index in [-0.39, 0.29) is 5.69 Å². The van der Waals surface area contributed by atoms with Crippen molar-refractivity contribution >= 4 is 39.7 Å². The number of nitrogens with one attached hydrogen (secondary N) is 1. The number of rotatable bonds is 2. The highest BCUT2D eigenvalue weighted by atomic mass is 35.5. The number of nitrogen functional groups attached to an aromatic ring is 1. The normalized spacial score (nSPS) is 10.3. The van der Waals surface area contributed by atoms with Crippen molar-refractivity contribution in [3.63, 3.8) is 0 Å². The van der Waals surface area contributed by atoms with E-state index in [1.165, 1.54) is 0 Å². The van der Waals surface area contributed by atoms with Gasteiger partial charge >= 0.3 is 0 Å². The van der Waals surface area contributed by atoms with Crippen LogP contribution in [0.3, 0.4) is 0 Å². The van der Waals surface area contributed by atoms with E-state index in [9.17, 15) is 0 Å². The number of pyridine rings is 2. The zero-order valence-corrected chi connectivity index (χ0v) is 11.6. The van der Waals surface area contributed by atoms with Gasteiger partial charge in [-0.25, -0.2) is 4.98 Å². The van der Waals surface area contributed by atoms with Crippen LogP contribution in [0, 0.1) is 11.3 Å². The summed E-state index contributed by atoms with van der Waals surface area (Å²) in [5.74, 6) is 0.523. The molecule has 1 aromatic carbocycles. The summed E-state index contributed by atoms with van der Waals surface area (Å²) < 4.78 is 0. The fourth-order valence-corrected chi connectivity index (χ4v) is 2.22. The Hall–Kier alpha value is -2.84. The molecule has 0 atom stereocenters. The summed E-state index contributed by atoms with van der Waals surface area (Å²) >= 11 is 6.16. The molecule has 102 valence electrons. The van der Waals surface area contributed by atoms with Gasteiger partial charge in [-0.05, 0) is 36.4 Å². The molecular weight excluding hydrogens is 286 g/mol. The molecule has 2 aromatic heterocycles. The number of halogens is 1. The molecule has 0 aliphatic heterocycles. The lowest BCUT2D eigenvalue weighted by Gasteiger charge is -2.10. The van der Waals surface area contributed by atoms with Gasteiger partial charge in [0.25, 0.3) is 0 Å². The first-order valence-electron chi connectivity index (χ1n) is 6.16. The summed E-state index contributed by atoms with van der Waals surface area (Å²) in [7, 11) is 0. The van der Waals surface area contributed by atoms with Gasteiger partial charge in [0.2, 0.25) is 0 Å². The third kappa shape index (κ3) is 2.45. The van der Waals surface area contributed by atoms with Gasteiger partial charge in [-0.2, -0.15) is 5.26 Å². The van der Waals surface area contributed by atoms with Crippen LogP contribution in [0.5, 0.6) is 0 Å². The van der Waals surface area contributed by atoms with Crippen LogP contribution in [0.2, 0.25) is 5.02 Å². The molecule has 0 spiro atoms. The van der Waals surface area contributed by atoms with Crippen LogP contribution in [0.4, 0.5) is 17.2 Å². The van der Waals surface area contributed by atoms with Crippen molar-refractivity contribution in [3.05, 3.63) is 53.3 Å². The van der Waals surface area contributed by atoms with E-state index in [1.807, 2.05) is 24.3 Å².